The topological polar surface area (TPSA) is 113 Å². The first-order valence-electron chi connectivity index (χ1n) is 5.08. The maximum absolute atomic E-state index is 13.6. The molecule has 9 heteroatoms. The summed E-state index contributed by atoms with van der Waals surface area (Å²) in [5.41, 5.74) is -2.14. The molecule has 1 unspecified atom stereocenters. The van der Waals surface area contributed by atoms with Gasteiger partial charge in [0.05, 0.1) is 17.6 Å². The molecule has 7 nitrogen and oxygen atoms in total. The minimum Gasteiger partial charge on any atom is -0.394 e. The number of aliphatic hydroxyl groups excluding tert-OH is 2. The van der Waals surface area contributed by atoms with Crippen LogP contribution in [-0.4, -0.2) is 40.3 Å². The van der Waals surface area contributed by atoms with Crippen molar-refractivity contribution >= 4 is 11.6 Å². The Kier molecular flexibility index (Phi) is 4.84. The molecule has 0 bridgehead atoms. The van der Waals surface area contributed by atoms with Crippen LogP contribution in [-0.2, 0) is 0 Å². The summed E-state index contributed by atoms with van der Waals surface area (Å²) in [6.07, 6.45) is -1.30. The smallest absolute Gasteiger partial charge is 0.305 e. The lowest BCUT2D eigenvalue weighted by atomic mass is 10.1. The third kappa shape index (κ3) is 3.42. The number of nitrogens with one attached hydrogen (secondary N) is 1. The minimum absolute atomic E-state index is 0.448. The highest BCUT2D eigenvalue weighted by Gasteiger charge is 2.26. The molecular weight excluding hydrogens is 266 g/mol. The first-order valence-corrected chi connectivity index (χ1v) is 5.08. The van der Waals surface area contributed by atoms with Crippen molar-refractivity contribution < 1.29 is 28.7 Å². The van der Waals surface area contributed by atoms with Crippen LogP contribution < -0.4 is 5.32 Å². The zero-order chi connectivity index (χ0) is 14.6. The van der Waals surface area contributed by atoms with Gasteiger partial charge in [0.15, 0.2) is 0 Å². The summed E-state index contributed by atoms with van der Waals surface area (Å²) in [4.78, 5) is 20.8. The number of hydrogen-bond acceptors (Lipinski definition) is 5. The van der Waals surface area contributed by atoms with Gasteiger partial charge in [0.25, 0.3) is 5.91 Å². The Labute approximate surface area is 105 Å². The molecule has 104 valence electrons. The van der Waals surface area contributed by atoms with Crippen molar-refractivity contribution in [3.63, 3.8) is 0 Å². The number of halogens is 2. The van der Waals surface area contributed by atoms with E-state index >= 15 is 0 Å². The van der Waals surface area contributed by atoms with Crippen LogP contribution >= 0.6 is 0 Å². The first kappa shape index (κ1) is 14.9. The fraction of sp³-hybridized carbons (Fsp3) is 0.300. The lowest BCUT2D eigenvalue weighted by Gasteiger charge is -2.10. The van der Waals surface area contributed by atoms with Crippen LogP contribution in [0.25, 0.3) is 0 Å². The Balaban J connectivity index is 3.02. The molecule has 0 radical (unpaired) electrons. The van der Waals surface area contributed by atoms with Gasteiger partial charge in [-0.05, 0) is 6.07 Å². The van der Waals surface area contributed by atoms with Gasteiger partial charge in [-0.25, -0.2) is 4.39 Å². The molecule has 0 aliphatic heterocycles. The number of nitro benzene ring substituents is 1. The lowest BCUT2D eigenvalue weighted by Crippen LogP contribution is -2.34. The van der Waals surface area contributed by atoms with Gasteiger partial charge < -0.3 is 15.5 Å². The SMILES string of the molecule is O=C(NCC(O)CO)c1c(F)ccc([N+](=O)[O-])c1F. The normalized spacial score (nSPS) is 12.0. The molecule has 1 atom stereocenters. The fourth-order valence-corrected chi connectivity index (χ4v) is 1.25. The lowest BCUT2D eigenvalue weighted by molar-refractivity contribution is -0.387. The minimum atomic E-state index is -1.60. The van der Waals surface area contributed by atoms with Crippen LogP contribution in [0.3, 0.4) is 0 Å². The maximum atomic E-state index is 13.6. The molecule has 0 saturated heterocycles. The van der Waals surface area contributed by atoms with Gasteiger partial charge >= 0.3 is 5.69 Å². The second-order valence-corrected chi connectivity index (χ2v) is 3.56. The van der Waals surface area contributed by atoms with E-state index in [4.69, 9.17) is 10.2 Å². The number of amides is 1. The third-order valence-corrected chi connectivity index (χ3v) is 2.20. The molecule has 0 saturated carbocycles. The Morgan fingerprint density at radius 1 is 1.47 bits per heavy atom. The van der Waals surface area contributed by atoms with Crippen LogP contribution in [0.15, 0.2) is 12.1 Å². The third-order valence-electron chi connectivity index (χ3n) is 2.20. The van der Waals surface area contributed by atoms with Crippen LogP contribution in [0.5, 0.6) is 0 Å². The molecule has 0 spiro atoms. The first-order chi connectivity index (χ1) is 8.88. The summed E-state index contributed by atoms with van der Waals surface area (Å²) in [5.74, 6) is -4.12. The Morgan fingerprint density at radius 2 is 2.11 bits per heavy atom. The number of carbonyl (C=O) groups is 1. The molecule has 1 amide bonds. The summed E-state index contributed by atoms with van der Waals surface area (Å²) in [7, 11) is 0. The number of hydrogen-bond donors (Lipinski definition) is 3. The van der Waals surface area contributed by atoms with E-state index in [0.29, 0.717) is 12.1 Å². The molecular formula is C10H10F2N2O5. The number of aliphatic hydroxyl groups is 2. The molecule has 19 heavy (non-hydrogen) atoms. The van der Waals surface area contributed by atoms with Crippen LogP contribution in [0.2, 0.25) is 0 Å². The monoisotopic (exact) mass is 276 g/mol. The Bertz CT molecular complexity index is 509. The van der Waals surface area contributed by atoms with Crippen molar-refractivity contribution in [2.45, 2.75) is 6.10 Å². The second kappa shape index (κ2) is 6.16. The average Bonchev–Trinajstić information content (AvgIpc) is 2.35. The van der Waals surface area contributed by atoms with Crippen molar-refractivity contribution in [3.8, 4) is 0 Å². The van der Waals surface area contributed by atoms with E-state index < -0.39 is 53.0 Å². The van der Waals surface area contributed by atoms with Crippen molar-refractivity contribution in [2.75, 3.05) is 13.2 Å². The van der Waals surface area contributed by atoms with E-state index in [0.717, 1.165) is 0 Å². The van der Waals surface area contributed by atoms with Gasteiger partial charge in [-0.15, -0.1) is 0 Å². The molecule has 0 aromatic heterocycles. The van der Waals surface area contributed by atoms with Gasteiger partial charge in [-0.1, -0.05) is 0 Å². The quantitative estimate of drug-likeness (QED) is 0.515. The largest absolute Gasteiger partial charge is 0.394 e. The summed E-state index contributed by atoms with van der Waals surface area (Å²) in [6.45, 7) is -1.10. The predicted octanol–water partition coefficient (Wildman–Crippen LogP) is -0.0440. The average molecular weight is 276 g/mol. The van der Waals surface area contributed by atoms with Gasteiger partial charge in [0.1, 0.15) is 11.4 Å². The van der Waals surface area contributed by atoms with E-state index in [1.165, 1.54) is 0 Å². The molecule has 0 aliphatic carbocycles. The van der Waals surface area contributed by atoms with Crippen LogP contribution in [0.4, 0.5) is 14.5 Å². The predicted molar refractivity (Wildman–Crippen MR) is 58.4 cm³/mol. The summed E-state index contributed by atoms with van der Waals surface area (Å²) in [5, 5.41) is 29.9. The molecule has 0 aliphatic rings. The van der Waals surface area contributed by atoms with Crippen LogP contribution in [0, 0.1) is 21.7 Å². The van der Waals surface area contributed by atoms with E-state index in [-0.39, 0.29) is 0 Å². The Hall–Kier alpha value is -2.13. The van der Waals surface area contributed by atoms with Gasteiger partial charge in [-0.3, -0.25) is 14.9 Å². The zero-order valence-corrected chi connectivity index (χ0v) is 9.47. The Morgan fingerprint density at radius 3 is 2.63 bits per heavy atom. The number of benzene rings is 1. The summed E-state index contributed by atoms with van der Waals surface area (Å²) in [6, 6.07) is 1.20. The standard InChI is InChI=1S/C10H10F2N2O5/c11-6-1-2-7(14(18)19)9(12)8(6)10(17)13-3-5(16)4-15/h1-2,5,15-16H,3-4H2,(H,13,17). The van der Waals surface area contributed by atoms with Crippen molar-refractivity contribution in [1.82, 2.24) is 5.32 Å². The number of carbonyl (C=O) groups excluding carboxylic acids is 1. The van der Waals surface area contributed by atoms with E-state index in [2.05, 4.69) is 0 Å². The highest BCUT2D eigenvalue weighted by molar-refractivity contribution is 5.95. The molecule has 1 aromatic carbocycles. The molecule has 1 aromatic rings. The van der Waals surface area contributed by atoms with Gasteiger partial charge in [-0.2, -0.15) is 4.39 Å². The molecule has 1 rings (SSSR count). The number of rotatable bonds is 5. The summed E-state index contributed by atoms with van der Waals surface area (Å²) >= 11 is 0. The van der Waals surface area contributed by atoms with Crippen molar-refractivity contribution in [1.29, 1.82) is 0 Å². The van der Waals surface area contributed by atoms with Crippen molar-refractivity contribution in [2.24, 2.45) is 0 Å². The van der Waals surface area contributed by atoms with Crippen molar-refractivity contribution in [3.05, 3.63) is 39.4 Å². The number of nitrogens with zero attached hydrogens (tertiary/aromatic N) is 1. The van der Waals surface area contributed by atoms with Crippen LogP contribution in [0.1, 0.15) is 10.4 Å². The highest BCUT2D eigenvalue weighted by Crippen LogP contribution is 2.22. The van der Waals surface area contributed by atoms with E-state index in [1.807, 2.05) is 5.32 Å². The highest BCUT2D eigenvalue weighted by atomic mass is 19.1. The number of nitro groups is 1. The van der Waals surface area contributed by atoms with Gasteiger partial charge in [0.2, 0.25) is 5.82 Å². The molecule has 0 fully saturated rings. The molecule has 0 heterocycles. The maximum Gasteiger partial charge on any atom is 0.305 e. The fourth-order valence-electron chi connectivity index (χ4n) is 1.25. The van der Waals surface area contributed by atoms with Gasteiger partial charge in [0, 0.05) is 12.6 Å². The van der Waals surface area contributed by atoms with E-state index in [9.17, 15) is 23.7 Å². The van der Waals surface area contributed by atoms with E-state index in [1.54, 1.807) is 0 Å². The zero-order valence-electron chi connectivity index (χ0n) is 9.47. The summed E-state index contributed by atoms with van der Waals surface area (Å²) < 4.78 is 26.9. The second-order valence-electron chi connectivity index (χ2n) is 3.56. The molecule has 3 N–H and O–H groups in total.